The first kappa shape index (κ1) is 24.9. The van der Waals surface area contributed by atoms with Crippen molar-refractivity contribution in [1.29, 1.82) is 0 Å². The zero-order valence-corrected chi connectivity index (χ0v) is 20.5. The molecule has 1 atom stereocenters. The molecule has 1 unspecified atom stereocenters. The Kier molecular flexibility index (Phi) is 6.72. The third-order valence-corrected chi connectivity index (χ3v) is 6.18. The molecule has 0 bridgehead atoms. The molecule has 1 amide bonds. The highest BCUT2D eigenvalue weighted by Crippen LogP contribution is 2.33. The first-order valence-corrected chi connectivity index (χ1v) is 12.7. The highest BCUT2D eigenvalue weighted by Gasteiger charge is 2.21. The molecule has 0 aliphatic heterocycles. The molecule has 0 spiro atoms. The summed E-state index contributed by atoms with van der Waals surface area (Å²) in [6.45, 7) is 1.81. The van der Waals surface area contributed by atoms with Crippen LogP contribution in [0.25, 0.3) is 16.6 Å². The van der Waals surface area contributed by atoms with Gasteiger partial charge in [-0.2, -0.15) is 5.10 Å². The van der Waals surface area contributed by atoms with E-state index in [9.17, 15) is 22.0 Å². The smallest absolute Gasteiger partial charge is 0.267 e. The van der Waals surface area contributed by atoms with Gasteiger partial charge in [-0.1, -0.05) is 35.3 Å². The molecule has 35 heavy (non-hydrogen) atoms. The van der Waals surface area contributed by atoms with Crippen LogP contribution in [0.3, 0.4) is 0 Å². The van der Waals surface area contributed by atoms with Crippen molar-refractivity contribution >= 4 is 50.0 Å². The molecule has 0 saturated carbocycles. The van der Waals surface area contributed by atoms with Gasteiger partial charge in [0.1, 0.15) is 23.5 Å². The van der Waals surface area contributed by atoms with Crippen molar-refractivity contribution in [2.45, 2.75) is 13.0 Å². The van der Waals surface area contributed by atoms with Crippen LogP contribution in [0.4, 0.5) is 8.78 Å². The van der Waals surface area contributed by atoms with Gasteiger partial charge in [-0.15, -0.1) is 0 Å². The molecule has 0 fully saturated rings. The molecular weight excluding hydrogens is 523 g/mol. The Labute approximate surface area is 209 Å². The highest BCUT2D eigenvalue weighted by molar-refractivity contribution is 7.89. The summed E-state index contributed by atoms with van der Waals surface area (Å²) >= 11 is 12.6. The summed E-state index contributed by atoms with van der Waals surface area (Å²) < 4.78 is 59.4. The van der Waals surface area contributed by atoms with E-state index in [1.807, 2.05) is 6.92 Å². The summed E-state index contributed by atoms with van der Waals surface area (Å²) in [5.74, 6) is -2.03. The number of amides is 1. The normalized spacial score (nSPS) is 12.5. The zero-order chi connectivity index (χ0) is 25.5. The van der Waals surface area contributed by atoms with E-state index >= 15 is 0 Å². The van der Waals surface area contributed by atoms with Gasteiger partial charge < -0.3 is 4.74 Å². The number of halogens is 4. The third-order valence-electron chi connectivity index (χ3n) is 5.05. The fraction of sp³-hybridized carbons (Fsp3) is 0.130. The average molecular weight is 540 g/mol. The molecule has 1 aromatic heterocycles. The number of aromatic nitrogens is 2. The molecule has 4 rings (SSSR count). The number of hydrogen-bond donors (Lipinski definition) is 1. The molecule has 0 aliphatic rings. The Balaban J connectivity index is 1.67. The molecular formula is C23H17Cl2F2N3O4S. The summed E-state index contributed by atoms with van der Waals surface area (Å²) in [6, 6.07) is 12.9. The zero-order valence-electron chi connectivity index (χ0n) is 18.2. The summed E-state index contributed by atoms with van der Waals surface area (Å²) in [4.78, 5) is 12.1. The number of hydrogen-bond acceptors (Lipinski definition) is 5. The molecule has 0 aliphatic carbocycles. The van der Waals surface area contributed by atoms with Crippen LogP contribution in [-0.4, -0.2) is 30.4 Å². The van der Waals surface area contributed by atoms with Crippen LogP contribution in [0, 0.1) is 11.6 Å². The van der Waals surface area contributed by atoms with Crippen molar-refractivity contribution in [3.63, 3.8) is 0 Å². The second-order valence-electron chi connectivity index (χ2n) is 7.68. The van der Waals surface area contributed by atoms with E-state index in [-0.39, 0.29) is 27.8 Å². The van der Waals surface area contributed by atoms with Gasteiger partial charge in [-0.05, 0) is 48.9 Å². The average Bonchev–Trinajstić information content (AvgIpc) is 3.10. The molecule has 1 N–H and O–H groups in total. The highest BCUT2D eigenvalue weighted by atomic mass is 35.5. The van der Waals surface area contributed by atoms with E-state index in [1.54, 1.807) is 35.1 Å². The predicted octanol–water partition coefficient (Wildman–Crippen LogP) is 5.44. The number of ether oxygens (including phenoxy) is 1. The van der Waals surface area contributed by atoms with Crippen molar-refractivity contribution in [2.75, 3.05) is 6.26 Å². The molecule has 4 aromatic rings. The van der Waals surface area contributed by atoms with E-state index in [1.165, 1.54) is 16.8 Å². The van der Waals surface area contributed by atoms with E-state index in [0.29, 0.717) is 16.7 Å². The number of rotatable bonds is 6. The molecule has 7 nitrogen and oxygen atoms in total. The second kappa shape index (κ2) is 9.44. The maximum Gasteiger partial charge on any atom is 0.267 e. The molecule has 182 valence electrons. The molecule has 1 heterocycles. The Morgan fingerprint density at radius 1 is 1.09 bits per heavy atom. The van der Waals surface area contributed by atoms with E-state index < -0.39 is 27.3 Å². The Morgan fingerprint density at radius 2 is 1.77 bits per heavy atom. The van der Waals surface area contributed by atoms with Crippen LogP contribution in [0.15, 0.2) is 54.6 Å². The minimum Gasteiger partial charge on any atom is -0.486 e. The van der Waals surface area contributed by atoms with E-state index in [0.717, 1.165) is 24.0 Å². The van der Waals surface area contributed by atoms with Gasteiger partial charge in [0.05, 0.1) is 28.0 Å². The fourth-order valence-electron chi connectivity index (χ4n) is 3.42. The standard InChI is InChI=1S/C23H17Cl2F2N3O4S/c1-12(13-3-5-14(26)6-4-13)34-15-7-8-20-17(9-15)22(25)28-30(20)21-11-19(27)16(10-18(21)24)23(31)29-35(2,32)33/h3-12H,1-2H3,(H,29,31). The molecule has 12 heteroatoms. The molecule has 0 saturated heterocycles. The van der Waals surface area contributed by atoms with Crippen molar-refractivity contribution in [3.8, 4) is 11.4 Å². The van der Waals surface area contributed by atoms with E-state index in [2.05, 4.69) is 5.10 Å². The van der Waals surface area contributed by atoms with E-state index in [4.69, 9.17) is 27.9 Å². The summed E-state index contributed by atoms with van der Waals surface area (Å²) in [5.41, 5.74) is 0.796. The van der Waals surface area contributed by atoms with Crippen molar-refractivity contribution in [1.82, 2.24) is 14.5 Å². The minimum atomic E-state index is -3.89. The van der Waals surface area contributed by atoms with Crippen LogP contribution in [0.1, 0.15) is 28.9 Å². The monoisotopic (exact) mass is 539 g/mol. The summed E-state index contributed by atoms with van der Waals surface area (Å²) in [5, 5.41) is 4.75. The fourth-order valence-corrected chi connectivity index (χ4v) is 4.34. The Morgan fingerprint density at radius 3 is 2.43 bits per heavy atom. The van der Waals surface area contributed by atoms with Gasteiger partial charge in [0, 0.05) is 11.5 Å². The Hall–Kier alpha value is -3.21. The van der Waals surface area contributed by atoms with Crippen LogP contribution in [0.2, 0.25) is 10.2 Å². The van der Waals surface area contributed by atoms with Gasteiger partial charge in [0.25, 0.3) is 5.91 Å². The number of fused-ring (bicyclic) bond motifs is 1. The van der Waals surface area contributed by atoms with Crippen molar-refractivity contribution in [3.05, 3.63) is 87.5 Å². The number of sulfonamides is 1. The lowest BCUT2D eigenvalue weighted by Gasteiger charge is -2.15. The number of nitrogens with one attached hydrogen (secondary N) is 1. The number of carbonyl (C=O) groups excluding carboxylic acids is 1. The van der Waals surface area contributed by atoms with Crippen LogP contribution >= 0.6 is 23.2 Å². The number of nitrogens with zero attached hydrogens (tertiary/aromatic N) is 2. The lowest BCUT2D eigenvalue weighted by Crippen LogP contribution is -2.30. The predicted molar refractivity (Wildman–Crippen MR) is 129 cm³/mol. The van der Waals surface area contributed by atoms with Gasteiger partial charge >= 0.3 is 0 Å². The molecule has 3 aromatic carbocycles. The minimum absolute atomic E-state index is 0.0589. The maximum absolute atomic E-state index is 14.7. The first-order valence-electron chi connectivity index (χ1n) is 10.0. The lowest BCUT2D eigenvalue weighted by molar-refractivity contribution is 0.0977. The van der Waals surface area contributed by atoms with Crippen LogP contribution in [-0.2, 0) is 10.0 Å². The quantitative estimate of drug-likeness (QED) is 0.352. The summed E-state index contributed by atoms with van der Waals surface area (Å²) in [6.07, 6.45) is 0.394. The van der Waals surface area contributed by atoms with Crippen molar-refractivity contribution < 1.29 is 26.7 Å². The van der Waals surface area contributed by atoms with Crippen LogP contribution in [0.5, 0.6) is 5.75 Å². The Bertz CT molecular complexity index is 1560. The second-order valence-corrected chi connectivity index (χ2v) is 10.2. The maximum atomic E-state index is 14.7. The first-order chi connectivity index (χ1) is 16.4. The van der Waals surface area contributed by atoms with Gasteiger partial charge in [0.15, 0.2) is 5.15 Å². The van der Waals surface area contributed by atoms with Gasteiger partial charge in [-0.25, -0.2) is 26.6 Å². The lowest BCUT2D eigenvalue weighted by atomic mass is 10.1. The van der Waals surface area contributed by atoms with Crippen molar-refractivity contribution in [2.24, 2.45) is 0 Å². The van der Waals surface area contributed by atoms with Crippen LogP contribution < -0.4 is 9.46 Å². The topological polar surface area (TPSA) is 90.3 Å². The SMILES string of the molecule is CC(Oc1ccc2c(c1)c(Cl)nn2-c1cc(F)c(C(=O)NS(C)(=O)=O)cc1Cl)c1ccc(F)cc1. The largest absolute Gasteiger partial charge is 0.486 e. The number of benzene rings is 3. The summed E-state index contributed by atoms with van der Waals surface area (Å²) in [7, 11) is -3.89. The molecule has 0 radical (unpaired) electrons. The van der Waals surface area contributed by atoms with Gasteiger partial charge in [0.2, 0.25) is 10.0 Å². The third kappa shape index (κ3) is 5.39. The number of carbonyl (C=O) groups is 1. The van der Waals surface area contributed by atoms with Gasteiger partial charge in [-0.3, -0.25) is 4.79 Å².